The van der Waals surface area contributed by atoms with Gasteiger partial charge in [0.25, 0.3) is 0 Å². The van der Waals surface area contributed by atoms with Crippen LogP contribution in [0.1, 0.15) is 37.7 Å². The third-order valence-corrected chi connectivity index (χ3v) is 2.91. The zero-order valence-electron chi connectivity index (χ0n) is 11.3. The van der Waals surface area contributed by atoms with Crippen molar-refractivity contribution in [3.05, 3.63) is 36.2 Å². The van der Waals surface area contributed by atoms with Crippen LogP contribution in [0, 0.1) is 0 Å². The van der Waals surface area contributed by atoms with Gasteiger partial charge in [-0.2, -0.15) is 5.10 Å². The molecule has 1 atom stereocenters. The summed E-state index contributed by atoms with van der Waals surface area (Å²) in [5.74, 6) is 0. The molecule has 1 unspecified atom stereocenters. The molecule has 98 valence electrons. The molecule has 0 aliphatic carbocycles. The molecule has 0 aromatic carbocycles. The fourth-order valence-corrected chi connectivity index (χ4v) is 2.13. The van der Waals surface area contributed by atoms with Crippen LogP contribution >= 0.6 is 0 Å². The van der Waals surface area contributed by atoms with E-state index in [2.05, 4.69) is 46.2 Å². The zero-order valence-corrected chi connectivity index (χ0v) is 11.3. The van der Waals surface area contributed by atoms with Crippen LogP contribution < -0.4 is 5.32 Å². The number of hydrogen-bond donors (Lipinski definition) is 1. The van der Waals surface area contributed by atoms with E-state index < -0.39 is 0 Å². The van der Waals surface area contributed by atoms with Gasteiger partial charge in [-0.25, -0.2) is 4.98 Å². The molecule has 0 saturated carbocycles. The summed E-state index contributed by atoms with van der Waals surface area (Å²) in [6.45, 7) is 6.11. The Morgan fingerprint density at radius 3 is 2.83 bits per heavy atom. The van der Waals surface area contributed by atoms with Crippen molar-refractivity contribution in [1.82, 2.24) is 24.6 Å². The van der Waals surface area contributed by atoms with Gasteiger partial charge in [-0.15, -0.1) is 0 Å². The predicted octanol–water partition coefficient (Wildman–Crippen LogP) is 1.73. The van der Waals surface area contributed by atoms with Gasteiger partial charge in [-0.3, -0.25) is 4.68 Å². The van der Waals surface area contributed by atoms with Crippen molar-refractivity contribution in [3.8, 4) is 0 Å². The van der Waals surface area contributed by atoms with Crippen molar-refractivity contribution < 1.29 is 0 Å². The van der Waals surface area contributed by atoms with Gasteiger partial charge >= 0.3 is 0 Å². The van der Waals surface area contributed by atoms with E-state index in [0.29, 0.717) is 0 Å². The highest BCUT2D eigenvalue weighted by molar-refractivity contribution is 5.20. The van der Waals surface area contributed by atoms with Crippen molar-refractivity contribution in [3.63, 3.8) is 0 Å². The SMILES string of the molecule is CCCn1nccc1C(NCC)c1cn(C)cn1. The van der Waals surface area contributed by atoms with Crippen LogP contribution in [0.4, 0.5) is 0 Å². The zero-order chi connectivity index (χ0) is 13.0. The number of rotatable bonds is 6. The van der Waals surface area contributed by atoms with Crippen LogP contribution in [-0.4, -0.2) is 25.9 Å². The average Bonchev–Trinajstić information content (AvgIpc) is 2.96. The molecule has 2 heterocycles. The molecule has 0 aliphatic heterocycles. The highest BCUT2D eigenvalue weighted by Crippen LogP contribution is 2.20. The second-order valence-corrected chi connectivity index (χ2v) is 4.43. The normalized spacial score (nSPS) is 12.8. The summed E-state index contributed by atoms with van der Waals surface area (Å²) in [7, 11) is 1.99. The maximum Gasteiger partial charge on any atom is 0.0947 e. The Hall–Kier alpha value is -1.62. The first-order valence-corrected chi connectivity index (χ1v) is 6.49. The minimum atomic E-state index is 0.116. The molecular formula is C13H21N5. The van der Waals surface area contributed by atoms with Gasteiger partial charge < -0.3 is 9.88 Å². The summed E-state index contributed by atoms with van der Waals surface area (Å²) >= 11 is 0. The molecule has 2 aromatic rings. The number of aromatic nitrogens is 4. The highest BCUT2D eigenvalue weighted by Gasteiger charge is 2.19. The van der Waals surface area contributed by atoms with E-state index in [1.54, 1.807) is 0 Å². The molecule has 0 radical (unpaired) electrons. The summed E-state index contributed by atoms with van der Waals surface area (Å²) in [5, 5.41) is 7.86. The quantitative estimate of drug-likeness (QED) is 0.845. The standard InChI is InChI=1S/C13H21N5/c1-4-8-18-12(6-7-16-18)13(14-5-2)11-9-17(3)10-15-11/h6-7,9-10,13-14H,4-5,8H2,1-3H3. The van der Waals surface area contributed by atoms with E-state index in [4.69, 9.17) is 0 Å². The number of aryl methyl sites for hydroxylation is 2. The number of nitrogens with one attached hydrogen (secondary N) is 1. The molecule has 5 nitrogen and oxygen atoms in total. The molecule has 0 fully saturated rings. The summed E-state index contributed by atoms with van der Waals surface area (Å²) in [6, 6.07) is 2.18. The summed E-state index contributed by atoms with van der Waals surface area (Å²) in [6.07, 6.45) is 6.82. The van der Waals surface area contributed by atoms with Crippen molar-refractivity contribution in [2.24, 2.45) is 7.05 Å². The first-order valence-electron chi connectivity index (χ1n) is 6.49. The Bertz CT molecular complexity index is 485. The molecular weight excluding hydrogens is 226 g/mol. The third kappa shape index (κ3) is 2.61. The lowest BCUT2D eigenvalue weighted by Gasteiger charge is -2.17. The van der Waals surface area contributed by atoms with Crippen molar-refractivity contribution in [2.75, 3.05) is 6.54 Å². The van der Waals surface area contributed by atoms with Gasteiger partial charge in [-0.05, 0) is 19.0 Å². The molecule has 5 heteroatoms. The summed E-state index contributed by atoms with van der Waals surface area (Å²) in [5.41, 5.74) is 2.22. The molecule has 0 saturated heterocycles. The minimum Gasteiger partial charge on any atom is -0.340 e. The molecule has 0 bridgehead atoms. The Morgan fingerprint density at radius 1 is 1.39 bits per heavy atom. The Morgan fingerprint density at radius 2 is 2.22 bits per heavy atom. The van der Waals surface area contributed by atoms with E-state index in [0.717, 1.165) is 25.2 Å². The second kappa shape index (κ2) is 5.82. The van der Waals surface area contributed by atoms with E-state index in [-0.39, 0.29) is 6.04 Å². The molecule has 1 N–H and O–H groups in total. The van der Waals surface area contributed by atoms with E-state index >= 15 is 0 Å². The van der Waals surface area contributed by atoms with Gasteiger partial charge in [0, 0.05) is 26.0 Å². The second-order valence-electron chi connectivity index (χ2n) is 4.43. The lowest BCUT2D eigenvalue weighted by Crippen LogP contribution is -2.25. The Kier molecular flexibility index (Phi) is 4.15. The van der Waals surface area contributed by atoms with Gasteiger partial charge in [-0.1, -0.05) is 13.8 Å². The fourth-order valence-electron chi connectivity index (χ4n) is 2.13. The molecule has 2 aromatic heterocycles. The van der Waals surface area contributed by atoms with E-state index in [1.807, 2.05) is 24.1 Å². The van der Waals surface area contributed by atoms with Gasteiger partial charge in [0.2, 0.25) is 0 Å². The average molecular weight is 247 g/mol. The van der Waals surface area contributed by atoms with Crippen LogP contribution in [0.2, 0.25) is 0 Å². The largest absolute Gasteiger partial charge is 0.340 e. The topological polar surface area (TPSA) is 47.7 Å². The lowest BCUT2D eigenvalue weighted by atomic mass is 10.1. The van der Waals surface area contributed by atoms with Crippen molar-refractivity contribution >= 4 is 0 Å². The maximum atomic E-state index is 4.45. The van der Waals surface area contributed by atoms with Crippen LogP contribution in [0.5, 0.6) is 0 Å². The number of nitrogens with zero attached hydrogens (tertiary/aromatic N) is 4. The maximum absolute atomic E-state index is 4.45. The first-order chi connectivity index (χ1) is 8.76. The molecule has 2 rings (SSSR count). The number of imidazole rings is 1. The van der Waals surface area contributed by atoms with Crippen molar-refractivity contribution in [1.29, 1.82) is 0 Å². The van der Waals surface area contributed by atoms with Gasteiger partial charge in [0.05, 0.1) is 23.8 Å². The van der Waals surface area contributed by atoms with E-state index in [9.17, 15) is 0 Å². The highest BCUT2D eigenvalue weighted by atomic mass is 15.3. The Labute approximate surface area is 108 Å². The predicted molar refractivity (Wildman–Crippen MR) is 71.2 cm³/mol. The molecule has 18 heavy (non-hydrogen) atoms. The summed E-state index contributed by atoms with van der Waals surface area (Å²) in [4.78, 5) is 4.45. The number of hydrogen-bond acceptors (Lipinski definition) is 3. The lowest BCUT2D eigenvalue weighted by molar-refractivity contribution is 0.515. The third-order valence-electron chi connectivity index (χ3n) is 2.91. The Balaban J connectivity index is 2.31. The van der Waals surface area contributed by atoms with Crippen LogP contribution in [0.15, 0.2) is 24.8 Å². The molecule has 0 amide bonds. The smallest absolute Gasteiger partial charge is 0.0947 e. The van der Waals surface area contributed by atoms with Crippen LogP contribution in [-0.2, 0) is 13.6 Å². The van der Waals surface area contributed by atoms with Crippen molar-refractivity contribution in [2.45, 2.75) is 32.9 Å². The van der Waals surface area contributed by atoms with Gasteiger partial charge in [0.15, 0.2) is 0 Å². The molecule has 0 spiro atoms. The van der Waals surface area contributed by atoms with Gasteiger partial charge in [0.1, 0.15) is 0 Å². The van der Waals surface area contributed by atoms with Crippen LogP contribution in [0.3, 0.4) is 0 Å². The monoisotopic (exact) mass is 247 g/mol. The summed E-state index contributed by atoms with van der Waals surface area (Å²) < 4.78 is 4.03. The molecule has 0 aliphatic rings. The minimum absolute atomic E-state index is 0.116. The fraction of sp³-hybridized carbons (Fsp3) is 0.538. The van der Waals surface area contributed by atoms with E-state index in [1.165, 1.54) is 5.69 Å². The van der Waals surface area contributed by atoms with Crippen LogP contribution in [0.25, 0.3) is 0 Å². The first kappa shape index (κ1) is 12.8.